The first-order valence-electron chi connectivity index (χ1n) is 6.26. The Morgan fingerprint density at radius 1 is 1.53 bits per heavy atom. The van der Waals surface area contributed by atoms with Crippen LogP contribution in [0.2, 0.25) is 5.02 Å². The Balaban J connectivity index is 2.21. The zero-order valence-electron chi connectivity index (χ0n) is 12.0. The minimum absolute atomic E-state index is 0.0494. The molecule has 0 radical (unpaired) electrons. The first-order chi connectivity index (χ1) is 8.73. The average molecular weight is 286 g/mol. The lowest BCUT2D eigenvalue weighted by atomic mass is 9.56. The topological polar surface area (TPSA) is 56.1 Å². The highest BCUT2D eigenvalue weighted by Gasteiger charge is 2.57. The molecule has 5 nitrogen and oxygen atoms in total. The molecule has 1 aliphatic carbocycles. The number of hydrogen-bond donors (Lipinski definition) is 1. The van der Waals surface area contributed by atoms with Gasteiger partial charge in [0.1, 0.15) is 5.02 Å². The lowest BCUT2D eigenvalue weighted by Gasteiger charge is -2.59. The van der Waals surface area contributed by atoms with E-state index in [0.717, 1.165) is 6.42 Å². The summed E-state index contributed by atoms with van der Waals surface area (Å²) in [6.07, 6.45) is 2.45. The summed E-state index contributed by atoms with van der Waals surface area (Å²) >= 11 is 6.05. The molecule has 1 aromatic rings. The summed E-state index contributed by atoms with van der Waals surface area (Å²) in [5.41, 5.74) is 0.0792. The third-order valence-electron chi connectivity index (χ3n) is 4.69. The van der Waals surface area contributed by atoms with Gasteiger partial charge in [0, 0.05) is 25.6 Å². The molecule has 2 rings (SSSR count). The van der Waals surface area contributed by atoms with Gasteiger partial charge in [-0.3, -0.25) is 4.79 Å². The maximum absolute atomic E-state index is 11.7. The van der Waals surface area contributed by atoms with Gasteiger partial charge >= 0.3 is 0 Å². The summed E-state index contributed by atoms with van der Waals surface area (Å²) < 4.78 is 6.80. The lowest BCUT2D eigenvalue weighted by molar-refractivity contribution is -0.166. The van der Waals surface area contributed by atoms with Gasteiger partial charge in [-0.05, 0) is 13.3 Å². The van der Waals surface area contributed by atoms with Crippen molar-refractivity contribution in [2.45, 2.75) is 38.8 Å². The highest BCUT2D eigenvalue weighted by molar-refractivity contribution is 6.32. The molecule has 2 unspecified atom stereocenters. The van der Waals surface area contributed by atoms with E-state index in [1.807, 2.05) is 0 Å². The highest BCUT2D eigenvalue weighted by Crippen LogP contribution is 2.52. The molecular weight excluding hydrogens is 266 g/mol. The van der Waals surface area contributed by atoms with Gasteiger partial charge in [-0.15, -0.1) is 0 Å². The van der Waals surface area contributed by atoms with Gasteiger partial charge in [0.15, 0.2) is 0 Å². The second-order valence-corrected chi connectivity index (χ2v) is 6.24. The number of nitrogens with one attached hydrogen (secondary N) is 1. The molecule has 0 amide bonds. The predicted molar refractivity (Wildman–Crippen MR) is 75.7 cm³/mol. The Bertz CT molecular complexity index is 555. The van der Waals surface area contributed by atoms with Crippen LogP contribution in [0, 0.1) is 5.41 Å². The minimum atomic E-state index is -0.293. The van der Waals surface area contributed by atoms with Gasteiger partial charge in [-0.25, -0.2) is 4.68 Å². The van der Waals surface area contributed by atoms with Crippen molar-refractivity contribution in [1.82, 2.24) is 9.78 Å². The number of halogens is 1. The van der Waals surface area contributed by atoms with Crippen molar-refractivity contribution < 1.29 is 4.74 Å². The number of nitrogens with zero attached hydrogens (tertiary/aromatic N) is 2. The fourth-order valence-corrected chi connectivity index (χ4v) is 2.75. The van der Waals surface area contributed by atoms with Crippen LogP contribution in [0.15, 0.2) is 11.0 Å². The van der Waals surface area contributed by atoms with Crippen molar-refractivity contribution in [2.24, 2.45) is 12.5 Å². The molecule has 106 valence electrons. The highest BCUT2D eigenvalue weighted by atomic mass is 35.5. The minimum Gasteiger partial charge on any atom is -0.379 e. The molecule has 0 aromatic carbocycles. The van der Waals surface area contributed by atoms with Gasteiger partial charge in [0.25, 0.3) is 5.56 Å². The molecule has 0 aliphatic heterocycles. The fourth-order valence-electron chi connectivity index (χ4n) is 2.52. The summed E-state index contributed by atoms with van der Waals surface area (Å²) in [6, 6.07) is 0.198. The Morgan fingerprint density at radius 3 is 2.68 bits per heavy atom. The summed E-state index contributed by atoms with van der Waals surface area (Å²) in [5.74, 6) is 0. The standard InChI is InChI=1S/C13H20ClN3O2/c1-12(2)9(6-13(12,3)19-5)16-8-7-15-17(4)11(18)10(8)14/h7,9,16H,6H2,1-5H3. The number of ether oxygens (including phenoxy) is 1. The Kier molecular flexibility index (Phi) is 3.39. The van der Waals surface area contributed by atoms with Crippen molar-refractivity contribution in [3.63, 3.8) is 0 Å². The van der Waals surface area contributed by atoms with Crippen molar-refractivity contribution in [1.29, 1.82) is 0 Å². The third-order valence-corrected chi connectivity index (χ3v) is 5.05. The first kappa shape index (κ1) is 14.3. The monoisotopic (exact) mass is 285 g/mol. The van der Waals surface area contributed by atoms with Crippen molar-refractivity contribution >= 4 is 17.3 Å². The smallest absolute Gasteiger partial charge is 0.287 e. The third kappa shape index (κ3) is 2.05. The zero-order chi connectivity index (χ0) is 14.4. The van der Waals surface area contributed by atoms with Crippen LogP contribution in [-0.4, -0.2) is 28.5 Å². The van der Waals surface area contributed by atoms with Gasteiger partial charge in [0.2, 0.25) is 0 Å². The number of aryl methyl sites for hydroxylation is 1. The quantitative estimate of drug-likeness (QED) is 0.923. The maximum atomic E-state index is 11.7. The molecule has 0 bridgehead atoms. The van der Waals surface area contributed by atoms with Gasteiger partial charge < -0.3 is 10.1 Å². The molecule has 0 saturated heterocycles. The van der Waals surface area contributed by atoms with Crippen molar-refractivity contribution in [2.75, 3.05) is 12.4 Å². The molecule has 0 spiro atoms. The summed E-state index contributed by atoms with van der Waals surface area (Å²) in [7, 11) is 3.30. The Labute approximate surface area is 117 Å². The van der Waals surface area contributed by atoms with Gasteiger partial charge in [-0.1, -0.05) is 25.4 Å². The SMILES string of the molecule is COC1(C)CC(Nc2cnn(C)c(=O)c2Cl)C1(C)C. The van der Waals surface area contributed by atoms with Gasteiger partial charge in [-0.2, -0.15) is 5.10 Å². The van der Waals surface area contributed by atoms with E-state index in [4.69, 9.17) is 16.3 Å². The largest absolute Gasteiger partial charge is 0.379 e. The number of aromatic nitrogens is 2. The van der Waals surface area contributed by atoms with Gasteiger partial charge in [0.05, 0.1) is 17.5 Å². The molecule has 1 heterocycles. The number of hydrogen-bond acceptors (Lipinski definition) is 4. The molecule has 1 fully saturated rings. The van der Waals surface area contributed by atoms with E-state index in [1.54, 1.807) is 20.4 Å². The summed E-state index contributed by atoms with van der Waals surface area (Å²) in [4.78, 5) is 11.7. The number of methoxy groups -OCH3 is 1. The maximum Gasteiger partial charge on any atom is 0.287 e. The fraction of sp³-hybridized carbons (Fsp3) is 0.692. The van der Waals surface area contributed by atoms with Crippen LogP contribution in [0.4, 0.5) is 5.69 Å². The zero-order valence-corrected chi connectivity index (χ0v) is 12.7. The summed E-state index contributed by atoms with van der Waals surface area (Å²) in [6.45, 7) is 6.37. The molecule has 6 heteroatoms. The molecule has 2 atom stereocenters. The lowest BCUT2D eigenvalue weighted by Crippen LogP contribution is -2.65. The average Bonchev–Trinajstić information content (AvgIpc) is 2.38. The number of anilines is 1. The van der Waals surface area contributed by atoms with Crippen molar-refractivity contribution in [3.05, 3.63) is 21.6 Å². The van der Waals surface area contributed by atoms with E-state index in [-0.39, 0.29) is 27.6 Å². The van der Waals surface area contributed by atoms with Crippen LogP contribution >= 0.6 is 11.6 Å². The molecule has 1 aliphatic rings. The first-order valence-corrected chi connectivity index (χ1v) is 6.64. The van der Waals surface area contributed by atoms with E-state index in [9.17, 15) is 4.79 Å². The molecule has 1 aromatic heterocycles. The normalized spacial score (nSPS) is 28.8. The van der Waals surface area contributed by atoms with Crippen LogP contribution in [0.3, 0.4) is 0 Å². The second-order valence-electron chi connectivity index (χ2n) is 5.86. The molecule has 19 heavy (non-hydrogen) atoms. The second kappa shape index (κ2) is 4.49. The van der Waals surface area contributed by atoms with E-state index >= 15 is 0 Å². The van der Waals surface area contributed by atoms with Crippen LogP contribution in [0.5, 0.6) is 0 Å². The van der Waals surface area contributed by atoms with Crippen molar-refractivity contribution in [3.8, 4) is 0 Å². The van der Waals surface area contributed by atoms with Crippen LogP contribution < -0.4 is 10.9 Å². The molecular formula is C13H20ClN3O2. The van der Waals surface area contributed by atoms with E-state index in [1.165, 1.54) is 4.68 Å². The summed E-state index contributed by atoms with van der Waals surface area (Å²) in [5, 5.41) is 7.47. The van der Waals surface area contributed by atoms with E-state index < -0.39 is 0 Å². The van der Waals surface area contributed by atoms with E-state index in [2.05, 4.69) is 31.2 Å². The predicted octanol–water partition coefficient (Wildman–Crippen LogP) is 2.05. The van der Waals surface area contributed by atoms with E-state index in [0.29, 0.717) is 5.69 Å². The van der Waals surface area contributed by atoms with Crippen LogP contribution in [0.1, 0.15) is 27.2 Å². The molecule has 1 saturated carbocycles. The number of rotatable bonds is 3. The Hall–Kier alpha value is -1.07. The van der Waals surface area contributed by atoms with Crippen LogP contribution in [-0.2, 0) is 11.8 Å². The molecule has 1 N–H and O–H groups in total. The van der Waals surface area contributed by atoms with Crippen LogP contribution in [0.25, 0.3) is 0 Å². The Morgan fingerprint density at radius 2 is 2.16 bits per heavy atom.